The molecule has 0 radical (unpaired) electrons. The van der Waals surface area contributed by atoms with Crippen LogP contribution in [-0.2, 0) is 4.79 Å². The van der Waals surface area contributed by atoms with Gasteiger partial charge in [-0.2, -0.15) is 5.10 Å². The minimum atomic E-state index is -0.483. The van der Waals surface area contributed by atoms with Gasteiger partial charge in [0.05, 0.1) is 17.1 Å². The maximum atomic E-state index is 12.4. The van der Waals surface area contributed by atoms with Crippen LogP contribution in [0.3, 0.4) is 0 Å². The van der Waals surface area contributed by atoms with E-state index in [1.54, 1.807) is 6.20 Å². The summed E-state index contributed by atoms with van der Waals surface area (Å²) in [6.45, 7) is 4.35. The van der Waals surface area contributed by atoms with Crippen molar-refractivity contribution in [1.82, 2.24) is 10.2 Å². The Bertz CT molecular complexity index is 569. The lowest BCUT2D eigenvalue weighted by Gasteiger charge is -2.28. The number of amides is 1. The normalized spacial score (nSPS) is 11.2. The minimum absolute atomic E-state index is 0. The Morgan fingerprint density at radius 1 is 1.40 bits per heavy atom. The highest BCUT2D eigenvalue weighted by atomic mass is 35.5. The Labute approximate surface area is 124 Å². The molecule has 110 valence electrons. The molecule has 2 rings (SSSR count). The number of nitrogens with zero attached hydrogens (tertiary/aromatic N) is 1. The number of fused-ring (bicyclic) bond motifs is 1. The maximum absolute atomic E-state index is 12.4. The van der Waals surface area contributed by atoms with E-state index in [0.717, 1.165) is 29.4 Å². The molecule has 2 aromatic rings. The number of benzene rings is 1. The van der Waals surface area contributed by atoms with E-state index in [9.17, 15) is 4.79 Å². The molecule has 0 atom stereocenters. The average Bonchev–Trinajstić information content (AvgIpc) is 2.89. The number of aromatic nitrogens is 2. The Balaban J connectivity index is 0.00000200. The van der Waals surface area contributed by atoms with Crippen LogP contribution in [-0.4, -0.2) is 22.6 Å². The number of nitrogens with one attached hydrogen (secondary N) is 2. The molecule has 4 N–H and O–H groups in total. The lowest BCUT2D eigenvalue weighted by atomic mass is 9.81. The van der Waals surface area contributed by atoms with E-state index in [-0.39, 0.29) is 18.3 Å². The molecule has 0 aliphatic rings. The highest BCUT2D eigenvalue weighted by molar-refractivity contribution is 5.97. The van der Waals surface area contributed by atoms with E-state index in [1.165, 1.54) is 0 Å². The SMILES string of the molecule is CCC(CC)(CN)C(=O)Nc1ccc2cn[nH]c2c1.Cl. The van der Waals surface area contributed by atoms with E-state index in [0.29, 0.717) is 6.54 Å². The van der Waals surface area contributed by atoms with Crippen LogP contribution in [0.4, 0.5) is 5.69 Å². The van der Waals surface area contributed by atoms with Crippen LogP contribution < -0.4 is 11.1 Å². The Kier molecular flexibility index (Phi) is 5.53. The first-order valence-corrected chi connectivity index (χ1v) is 6.60. The third-order valence-corrected chi connectivity index (χ3v) is 3.93. The molecule has 1 amide bonds. The summed E-state index contributed by atoms with van der Waals surface area (Å²) in [5, 5.41) is 10.8. The molecular weight excluding hydrogens is 276 g/mol. The molecule has 20 heavy (non-hydrogen) atoms. The zero-order valence-electron chi connectivity index (χ0n) is 11.8. The Morgan fingerprint density at radius 3 is 2.70 bits per heavy atom. The van der Waals surface area contributed by atoms with E-state index in [2.05, 4.69) is 15.5 Å². The van der Waals surface area contributed by atoms with Gasteiger partial charge < -0.3 is 11.1 Å². The number of carbonyl (C=O) groups excluding carboxylic acids is 1. The predicted molar refractivity (Wildman–Crippen MR) is 84.0 cm³/mol. The van der Waals surface area contributed by atoms with E-state index in [1.807, 2.05) is 32.0 Å². The second-order valence-electron chi connectivity index (χ2n) is 4.82. The molecule has 0 spiro atoms. The molecule has 0 aliphatic heterocycles. The fourth-order valence-electron chi connectivity index (χ4n) is 2.23. The number of halogens is 1. The molecule has 6 heteroatoms. The fraction of sp³-hybridized carbons (Fsp3) is 0.429. The zero-order valence-corrected chi connectivity index (χ0v) is 12.6. The van der Waals surface area contributed by atoms with E-state index in [4.69, 9.17) is 5.73 Å². The number of aromatic amines is 1. The monoisotopic (exact) mass is 296 g/mol. The van der Waals surface area contributed by atoms with Gasteiger partial charge in [-0.3, -0.25) is 9.89 Å². The molecule has 1 aromatic carbocycles. The van der Waals surface area contributed by atoms with E-state index < -0.39 is 5.41 Å². The number of hydrogen-bond acceptors (Lipinski definition) is 3. The van der Waals surface area contributed by atoms with Gasteiger partial charge in [0.25, 0.3) is 0 Å². The Hall–Kier alpha value is -1.59. The molecule has 5 nitrogen and oxygen atoms in total. The summed E-state index contributed by atoms with van der Waals surface area (Å²) in [5.74, 6) is -0.0149. The molecule has 1 heterocycles. The van der Waals surface area contributed by atoms with Crippen molar-refractivity contribution < 1.29 is 4.79 Å². The molecular formula is C14H21ClN4O. The second kappa shape index (κ2) is 6.72. The van der Waals surface area contributed by atoms with Crippen LogP contribution in [0.5, 0.6) is 0 Å². The molecule has 1 aromatic heterocycles. The zero-order chi connectivity index (χ0) is 13.9. The van der Waals surface area contributed by atoms with E-state index >= 15 is 0 Å². The first-order valence-electron chi connectivity index (χ1n) is 6.60. The molecule has 0 unspecified atom stereocenters. The van der Waals surface area contributed by atoms with Gasteiger partial charge in [0.15, 0.2) is 0 Å². The van der Waals surface area contributed by atoms with Gasteiger partial charge in [0.1, 0.15) is 0 Å². The molecule has 0 saturated carbocycles. The minimum Gasteiger partial charge on any atom is -0.329 e. The molecule has 0 fully saturated rings. The Morgan fingerprint density at radius 2 is 2.10 bits per heavy atom. The standard InChI is InChI=1S/C14H20N4O.ClH/c1-3-14(4-2,9-15)13(19)17-11-6-5-10-8-16-18-12(10)7-11;/h5-8H,3-4,9,15H2,1-2H3,(H,16,18)(H,17,19);1H. The third kappa shape index (κ3) is 2.94. The summed E-state index contributed by atoms with van der Waals surface area (Å²) in [5.41, 5.74) is 6.97. The van der Waals surface area contributed by atoms with Crippen LogP contribution >= 0.6 is 12.4 Å². The highest BCUT2D eigenvalue weighted by Gasteiger charge is 2.33. The van der Waals surface area contributed by atoms with Crippen molar-refractivity contribution in [1.29, 1.82) is 0 Å². The van der Waals surface area contributed by atoms with Gasteiger partial charge in [-0.05, 0) is 31.0 Å². The van der Waals surface area contributed by atoms with Gasteiger partial charge in [0, 0.05) is 17.6 Å². The average molecular weight is 297 g/mol. The largest absolute Gasteiger partial charge is 0.329 e. The summed E-state index contributed by atoms with van der Waals surface area (Å²) in [6, 6.07) is 5.69. The number of anilines is 1. The summed E-state index contributed by atoms with van der Waals surface area (Å²) >= 11 is 0. The number of hydrogen-bond donors (Lipinski definition) is 3. The van der Waals surface area contributed by atoms with Crippen LogP contribution in [0.2, 0.25) is 0 Å². The van der Waals surface area contributed by atoms with Crippen LogP contribution in [0.1, 0.15) is 26.7 Å². The summed E-state index contributed by atoms with van der Waals surface area (Å²) in [7, 11) is 0. The van der Waals surface area contributed by atoms with Crippen molar-refractivity contribution in [2.75, 3.05) is 11.9 Å². The van der Waals surface area contributed by atoms with Crippen molar-refractivity contribution in [3.05, 3.63) is 24.4 Å². The number of carbonyl (C=O) groups is 1. The molecule has 0 saturated heterocycles. The van der Waals surface area contributed by atoms with Crippen molar-refractivity contribution in [2.45, 2.75) is 26.7 Å². The predicted octanol–water partition coefficient (Wildman–Crippen LogP) is 2.69. The van der Waals surface area contributed by atoms with Gasteiger partial charge in [-0.25, -0.2) is 0 Å². The maximum Gasteiger partial charge on any atom is 0.231 e. The first kappa shape index (κ1) is 16.5. The van der Waals surface area contributed by atoms with Gasteiger partial charge >= 0.3 is 0 Å². The van der Waals surface area contributed by atoms with Gasteiger partial charge in [-0.1, -0.05) is 13.8 Å². The van der Waals surface area contributed by atoms with Crippen molar-refractivity contribution in [2.24, 2.45) is 11.1 Å². The topological polar surface area (TPSA) is 83.8 Å². The highest BCUT2D eigenvalue weighted by Crippen LogP contribution is 2.27. The summed E-state index contributed by atoms with van der Waals surface area (Å²) in [6.07, 6.45) is 3.22. The second-order valence-corrected chi connectivity index (χ2v) is 4.82. The number of rotatable bonds is 5. The molecule has 0 aliphatic carbocycles. The number of nitrogens with two attached hydrogens (primary N) is 1. The van der Waals surface area contributed by atoms with Gasteiger partial charge in [0.2, 0.25) is 5.91 Å². The lowest BCUT2D eigenvalue weighted by molar-refractivity contribution is -0.125. The third-order valence-electron chi connectivity index (χ3n) is 3.93. The van der Waals surface area contributed by atoms with Crippen LogP contribution in [0.25, 0.3) is 10.9 Å². The fourth-order valence-corrected chi connectivity index (χ4v) is 2.23. The number of H-pyrrole nitrogens is 1. The quantitative estimate of drug-likeness (QED) is 0.793. The smallest absolute Gasteiger partial charge is 0.231 e. The molecule has 0 bridgehead atoms. The summed E-state index contributed by atoms with van der Waals surface area (Å²) in [4.78, 5) is 12.4. The van der Waals surface area contributed by atoms with Crippen LogP contribution in [0, 0.1) is 5.41 Å². The summed E-state index contributed by atoms with van der Waals surface area (Å²) < 4.78 is 0. The first-order chi connectivity index (χ1) is 9.15. The van der Waals surface area contributed by atoms with Crippen molar-refractivity contribution >= 4 is 34.9 Å². The van der Waals surface area contributed by atoms with Crippen molar-refractivity contribution in [3.8, 4) is 0 Å². The van der Waals surface area contributed by atoms with Crippen molar-refractivity contribution in [3.63, 3.8) is 0 Å². The lowest BCUT2D eigenvalue weighted by Crippen LogP contribution is -2.41. The van der Waals surface area contributed by atoms with Gasteiger partial charge in [-0.15, -0.1) is 12.4 Å². The van der Waals surface area contributed by atoms with Crippen LogP contribution in [0.15, 0.2) is 24.4 Å².